The van der Waals surface area contributed by atoms with Gasteiger partial charge in [-0.2, -0.15) is 0 Å². The van der Waals surface area contributed by atoms with E-state index in [4.69, 9.17) is 23.2 Å². The number of urea groups is 1. The van der Waals surface area contributed by atoms with E-state index >= 15 is 0 Å². The van der Waals surface area contributed by atoms with E-state index in [2.05, 4.69) is 10.6 Å². The molecule has 3 nitrogen and oxygen atoms in total. The lowest BCUT2D eigenvalue weighted by molar-refractivity contribution is 0.238. The molecule has 0 aliphatic carbocycles. The Morgan fingerprint density at radius 2 is 2.12 bits per heavy atom. The molecule has 0 heterocycles. The maximum absolute atomic E-state index is 11.4. The summed E-state index contributed by atoms with van der Waals surface area (Å²) in [6.45, 7) is 2.32. The summed E-state index contributed by atoms with van der Waals surface area (Å²) < 4.78 is 0. The summed E-state index contributed by atoms with van der Waals surface area (Å²) in [4.78, 5) is 11.4. The Hall–Kier alpha value is -0.930. The van der Waals surface area contributed by atoms with E-state index in [1.54, 1.807) is 6.07 Å². The summed E-state index contributed by atoms with van der Waals surface area (Å²) in [5.74, 6) is 0.397. The number of alkyl halides is 1. The summed E-state index contributed by atoms with van der Waals surface area (Å²) >= 11 is 11.5. The van der Waals surface area contributed by atoms with Gasteiger partial charge in [-0.25, -0.2) is 4.79 Å². The SMILES string of the molecule is CC(NC(=O)NCCCl)c1ccccc1Cl. The summed E-state index contributed by atoms with van der Waals surface area (Å²) in [5.41, 5.74) is 0.894. The van der Waals surface area contributed by atoms with Gasteiger partial charge in [0.2, 0.25) is 0 Å². The van der Waals surface area contributed by atoms with E-state index in [1.807, 2.05) is 25.1 Å². The molecule has 1 atom stereocenters. The monoisotopic (exact) mass is 260 g/mol. The molecule has 0 saturated carbocycles. The molecule has 0 aliphatic heterocycles. The summed E-state index contributed by atoms with van der Waals surface area (Å²) in [5, 5.41) is 6.05. The Morgan fingerprint density at radius 3 is 2.75 bits per heavy atom. The second-order valence-electron chi connectivity index (χ2n) is 3.33. The first-order valence-electron chi connectivity index (χ1n) is 5.00. The van der Waals surface area contributed by atoms with Crippen LogP contribution in [0.5, 0.6) is 0 Å². The molecule has 88 valence electrons. The lowest BCUT2D eigenvalue weighted by atomic mass is 10.1. The zero-order chi connectivity index (χ0) is 12.0. The van der Waals surface area contributed by atoms with Crippen LogP contribution in [0, 0.1) is 0 Å². The molecule has 1 aromatic rings. The number of hydrogen-bond donors (Lipinski definition) is 2. The molecule has 0 fully saturated rings. The van der Waals surface area contributed by atoms with Gasteiger partial charge in [0.25, 0.3) is 0 Å². The third-order valence-corrected chi connectivity index (χ3v) is 2.63. The van der Waals surface area contributed by atoms with Crippen LogP contribution in [0.25, 0.3) is 0 Å². The van der Waals surface area contributed by atoms with Crippen molar-refractivity contribution in [2.45, 2.75) is 13.0 Å². The molecule has 0 saturated heterocycles. The summed E-state index contributed by atoms with van der Waals surface area (Å²) in [6, 6.07) is 7.04. The minimum Gasteiger partial charge on any atom is -0.337 e. The van der Waals surface area contributed by atoms with E-state index in [9.17, 15) is 4.79 Å². The first kappa shape index (κ1) is 13.1. The fraction of sp³-hybridized carbons (Fsp3) is 0.364. The van der Waals surface area contributed by atoms with Crippen LogP contribution in [-0.2, 0) is 0 Å². The van der Waals surface area contributed by atoms with Gasteiger partial charge in [0, 0.05) is 17.4 Å². The highest BCUT2D eigenvalue weighted by molar-refractivity contribution is 6.31. The van der Waals surface area contributed by atoms with Gasteiger partial charge in [-0.15, -0.1) is 11.6 Å². The molecular weight excluding hydrogens is 247 g/mol. The highest BCUT2D eigenvalue weighted by Crippen LogP contribution is 2.21. The molecule has 16 heavy (non-hydrogen) atoms. The number of hydrogen-bond acceptors (Lipinski definition) is 1. The minimum absolute atomic E-state index is 0.135. The Kier molecular flexibility index (Phi) is 5.43. The molecule has 0 spiro atoms. The summed E-state index contributed by atoms with van der Waals surface area (Å²) in [7, 11) is 0. The molecule has 0 radical (unpaired) electrons. The molecular formula is C11H14Cl2N2O. The van der Waals surface area contributed by atoms with E-state index in [-0.39, 0.29) is 12.1 Å². The lowest BCUT2D eigenvalue weighted by Gasteiger charge is -2.15. The van der Waals surface area contributed by atoms with Gasteiger partial charge in [0.05, 0.1) is 6.04 Å². The first-order chi connectivity index (χ1) is 7.65. The van der Waals surface area contributed by atoms with Crippen LogP contribution in [0.4, 0.5) is 4.79 Å². The van der Waals surface area contributed by atoms with Crippen LogP contribution >= 0.6 is 23.2 Å². The van der Waals surface area contributed by atoms with Gasteiger partial charge < -0.3 is 10.6 Å². The summed E-state index contributed by atoms with van der Waals surface area (Å²) in [6.07, 6.45) is 0. The normalized spacial score (nSPS) is 11.9. The zero-order valence-corrected chi connectivity index (χ0v) is 10.5. The molecule has 0 aliphatic rings. The molecule has 0 aromatic heterocycles. The van der Waals surface area contributed by atoms with Crippen LogP contribution in [0.1, 0.15) is 18.5 Å². The van der Waals surface area contributed by atoms with E-state index in [0.717, 1.165) is 5.56 Å². The molecule has 2 N–H and O–H groups in total. The van der Waals surface area contributed by atoms with Crippen molar-refractivity contribution in [2.24, 2.45) is 0 Å². The molecule has 2 amide bonds. The first-order valence-corrected chi connectivity index (χ1v) is 5.91. The fourth-order valence-corrected chi connectivity index (χ4v) is 1.71. The molecule has 1 rings (SSSR count). The predicted octanol–water partition coefficient (Wildman–Crippen LogP) is 2.94. The quantitative estimate of drug-likeness (QED) is 0.804. The fourth-order valence-electron chi connectivity index (χ4n) is 1.31. The van der Waals surface area contributed by atoms with Crippen LogP contribution in [0.15, 0.2) is 24.3 Å². The minimum atomic E-state index is -0.243. The average molecular weight is 261 g/mol. The van der Waals surface area contributed by atoms with Gasteiger partial charge in [-0.3, -0.25) is 0 Å². The Bertz CT molecular complexity index is 358. The number of nitrogens with one attached hydrogen (secondary N) is 2. The van der Waals surface area contributed by atoms with Crippen molar-refractivity contribution in [3.8, 4) is 0 Å². The Balaban J connectivity index is 2.55. The maximum atomic E-state index is 11.4. The number of halogens is 2. The van der Waals surface area contributed by atoms with E-state index in [0.29, 0.717) is 17.4 Å². The largest absolute Gasteiger partial charge is 0.337 e. The van der Waals surface area contributed by atoms with E-state index in [1.165, 1.54) is 0 Å². The average Bonchev–Trinajstić information content (AvgIpc) is 2.26. The number of rotatable bonds is 4. The number of benzene rings is 1. The number of amides is 2. The van der Waals surface area contributed by atoms with Gasteiger partial charge in [0.1, 0.15) is 0 Å². The second-order valence-corrected chi connectivity index (χ2v) is 4.12. The van der Waals surface area contributed by atoms with Crippen LogP contribution in [-0.4, -0.2) is 18.5 Å². The van der Waals surface area contributed by atoms with Gasteiger partial charge >= 0.3 is 6.03 Å². The molecule has 0 bridgehead atoms. The highest BCUT2D eigenvalue weighted by atomic mass is 35.5. The van der Waals surface area contributed by atoms with Gasteiger partial charge in [-0.05, 0) is 18.6 Å². The van der Waals surface area contributed by atoms with Crippen molar-refractivity contribution in [3.63, 3.8) is 0 Å². The van der Waals surface area contributed by atoms with E-state index < -0.39 is 0 Å². The topological polar surface area (TPSA) is 41.1 Å². The number of carbonyl (C=O) groups excluding carboxylic acids is 1. The van der Waals surface area contributed by atoms with Crippen LogP contribution in [0.2, 0.25) is 5.02 Å². The maximum Gasteiger partial charge on any atom is 0.315 e. The number of carbonyl (C=O) groups is 1. The standard InChI is InChI=1S/C11H14Cl2N2O/c1-8(15-11(16)14-7-6-12)9-4-2-3-5-10(9)13/h2-5,8H,6-7H2,1H3,(H2,14,15,16). The third-order valence-electron chi connectivity index (χ3n) is 2.10. The van der Waals surface area contributed by atoms with Crippen molar-refractivity contribution in [2.75, 3.05) is 12.4 Å². The van der Waals surface area contributed by atoms with Gasteiger partial charge in [0.15, 0.2) is 0 Å². The Morgan fingerprint density at radius 1 is 1.44 bits per heavy atom. The van der Waals surface area contributed by atoms with Gasteiger partial charge in [-0.1, -0.05) is 29.8 Å². The second kappa shape index (κ2) is 6.61. The lowest BCUT2D eigenvalue weighted by Crippen LogP contribution is -2.37. The van der Waals surface area contributed by atoms with Crippen molar-refractivity contribution in [1.82, 2.24) is 10.6 Å². The predicted molar refractivity (Wildman–Crippen MR) is 67.1 cm³/mol. The van der Waals surface area contributed by atoms with Crippen molar-refractivity contribution in [1.29, 1.82) is 0 Å². The molecule has 5 heteroatoms. The molecule has 1 unspecified atom stereocenters. The van der Waals surface area contributed by atoms with Crippen molar-refractivity contribution < 1.29 is 4.79 Å². The zero-order valence-electron chi connectivity index (χ0n) is 8.97. The van der Waals surface area contributed by atoms with Crippen LogP contribution in [0.3, 0.4) is 0 Å². The Labute approximate surface area is 105 Å². The smallest absolute Gasteiger partial charge is 0.315 e. The van der Waals surface area contributed by atoms with Crippen molar-refractivity contribution in [3.05, 3.63) is 34.9 Å². The highest BCUT2D eigenvalue weighted by Gasteiger charge is 2.11. The van der Waals surface area contributed by atoms with Crippen LogP contribution < -0.4 is 10.6 Å². The van der Waals surface area contributed by atoms with Crippen molar-refractivity contribution >= 4 is 29.2 Å². The third kappa shape index (κ3) is 3.91. The molecule has 1 aromatic carbocycles.